The summed E-state index contributed by atoms with van der Waals surface area (Å²) in [6, 6.07) is 1.93. The van der Waals surface area contributed by atoms with Gasteiger partial charge in [-0.25, -0.2) is 20.2 Å². The van der Waals surface area contributed by atoms with E-state index in [1.165, 1.54) is 6.42 Å². The first-order valence-corrected chi connectivity index (χ1v) is 12.3. The van der Waals surface area contributed by atoms with E-state index in [1.54, 1.807) is 6.20 Å². The molecule has 2 aromatic heterocycles. The summed E-state index contributed by atoms with van der Waals surface area (Å²) in [4.78, 5) is 20.4. The van der Waals surface area contributed by atoms with Crippen LogP contribution >= 0.6 is 0 Å². The molecule has 2 aromatic rings. The predicted molar refractivity (Wildman–Crippen MR) is 135 cm³/mol. The number of hydrogen-bond donors (Lipinski definition) is 1. The van der Waals surface area contributed by atoms with Crippen molar-refractivity contribution in [2.45, 2.75) is 78.0 Å². The highest BCUT2D eigenvalue weighted by molar-refractivity contribution is 6.67. The lowest BCUT2D eigenvalue weighted by molar-refractivity contribution is 0.459. The Labute approximate surface area is 198 Å². The summed E-state index contributed by atoms with van der Waals surface area (Å²) < 4.78 is 0. The van der Waals surface area contributed by atoms with Gasteiger partial charge in [0.15, 0.2) is 0 Å². The molecule has 2 fully saturated rings. The van der Waals surface area contributed by atoms with Crippen molar-refractivity contribution in [1.29, 1.82) is 5.26 Å². The molecule has 1 unspecified atom stereocenters. The van der Waals surface area contributed by atoms with Gasteiger partial charge in [-0.2, -0.15) is 4.98 Å². The van der Waals surface area contributed by atoms with E-state index in [9.17, 15) is 0 Å². The molecule has 174 valence electrons. The summed E-state index contributed by atoms with van der Waals surface area (Å²) in [6.45, 7) is 11.6. The molecule has 0 saturated carbocycles. The van der Waals surface area contributed by atoms with Gasteiger partial charge in [-0.1, -0.05) is 52.3 Å². The minimum absolute atomic E-state index is 0.00199. The third-order valence-corrected chi connectivity index (χ3v) is 6.22. The third-order valence-electron chi connectivity index (χ3n) is 6.22. The summed E-state index contributed by atoms with van der Waals surface area (Å²) in [6.07, 6.45) is 14.1. The molecule has 0 spiro atoms. The number of allylic oxidation sites excluding steroid dienone is 1. The Morgan fingerprint density at radius 2 is 1.94 bits per heavy atom. The molecule has 33 heavy (non-hydrogen) atoms. The topological polar surface area (TPSA) is 90.6 Å². The summed E-state index contributed by atoms with van der Waals surface area (Å²) in [5.74, 6) is 5.35. The number of nitrogens with one attached hydrogen (secondary N) is 1. The largest absolute Gasteiger partial charge is 0.348 e. The number of nitrogens with zero attached hydrogens (tertiary/aromatic N) is 6. The van der Waals surface area contributed by atoms with E-state index in [-0.39, 0.29) is 12.8 Å². The van der Waals surface area contributed by atoms with Crippen LogP contribution in [0.25, 0.3) is 0 Å². The predicted octanol–water partition coefficient (Wildman–Crippen LogP) is 5.48. The van der Waals surface area contributed by atoms with Gasteiger partial charge in [0.05, 0.1) is 6.04 Å². The second kappa shape index (κ2) is 12.3. The van der Waals surface area contributed by atoms with Crippen LogP contribution in [-0.2, 0) is 6.42 Å². The van der Waals surface area contributed by atoms with E-state index in [4.69, 9.17) is 5.26 Å². The molecule has 2 aliphatic rings. The molecular formula is C25H36BN7. The summed E-state index contributed by atoms with van der Waals surface area (Å²) in [5.41, 5.74) is 2.12. The maximum atomic E-state index is 9.04. The molecule has 8 heteroatoms. The second-order valence-corrected chi connectivity index (χ2v) is 9.12. The monoisotopic (exact) mass is 445 g/mol. The smallest absolute Gasteiger partial charge is 0.267 e. The van der Waals surface area contributed by atoms with E-state index in [0.29, 0.717) is 11.9 Å². The highest BCUT2D eigenvalue weighted by Crippen LogP contribution is 2.28. The number of nitriles is 1. The quantitative estimate of drug-likeness (QED) is 0.589. The average Bonchev–Trinajstić information content (AvgIpc) is 3.26. The van der Waals surface area contributed by atoms with Crippen LogP contribution in [0.3, 0.4) is 0 Å². The van der Waals surface area contributed by atoms with Crippen LogP contribution in [0.1, 0.15) is 70.3 Å². The normalized spacial score (nSPS) is 17.2. The highest BCUT2D eigenvalue weighted by atomic mass is 15.2. The van der Waals surface area contributed by atoms with Crippen molar-refractivity contribution in [2.75, 3.05) is 16.8 Å². The van der Waals surface area contributed by atoms with Crippen LogP contribution in [-0.4, -0.2) is 33.2 Å². The Morgan fingerprint density at radius 1 is 1.24 bits per heavy atom. The van der Waals surface area contributed by atoms with E-state index in [1.807, 2.05) is 18.5 Å². The van der Waals surface area contributed by atoms with Gasteiger partial charge in [0.25, 0.3) is 6.71 Å². The van der Waals surface area contributed by atoms with Crippen molar-refractivity contribution in [1.82, 2.24) is 19.9 Å². The molecule has 0 aromatic carbocycles. The van der Waals surface area contributed by atoms with Crippen molar-refractivity contribution in [3.8, 4) is 5.97 Å². The first-order valence-electron chi connectivity index (χ1n) is 12.3. The van der Waals surface area contributed by atoms with Crippen LogP contribution < -0.4 is 10.2 Å². The lowest BCUT2D eigenvalue weighted by atomic mass is 9.41. The van der Waals surface area contributed by atoms with Gasteiger partial charge in [0.1, 0.15) is 11.6 Å². The zero-order chi connectivity index (χ0) is 23.6. The lowest BCUT2D eigenvalue weighted by Crippen LogP contribution is -2.22. The minimum atomic E-state index is 0.00199. The fourth-order valence-corrected chi connectivity index (χ4v) is 4.30. The highest BCUT2D eigenvalue weighted by Gasteiger charge is 2.25. The molecule has 4 rings (SSSR count). The zero-order valence-corrected chi connectivity index (χ0v) is 20.3. The van der Waals surface area contributed by atoms with E-state index < -0.39 is 0 Å². The second-order valence-electron chi connectivity index (χ2n) is 9.12. The number of hydrogen-bond acceptors (Lipinski definition) is 7. The molecule has 1 atom stereocenters. The molecule has 0 aliphatic carbocycles. The summed E-state index contributed by atoms with van der Waals surface area (Å²) in [7, 11) is 0. The maximum absolute atomic E-state index is 9.04. The number of aromatic nitrogens is 4. The summed E-state index contributed by atoms with van der Waals surface area (Å²) in [5, 5.41) is 12.4. The SMILES string of the molecule is C=C1CCCN1c1ccnc(NC(C)c2cnc(CC3CCB(C#N)CC3)nc2)n1.CCC. The van der Waals surface area contributed by atoms with Gasteiger partial charge in [-0.05, 0) is 31.7 Å². The average molecular weight is 445 g/mol. The number of anilines is 2. The first kappa shape index (κ1) is 24.7. The Balaban J connectivity index is 0.000000968. The molecule has 2 saturated heterocycles. The van der Waals surface area contributed by atoms with Crippen LogP contribution in [0.4, 0.5) is 11.8 Å². The van der Waals surface area contributed by atoms with Gasteiger partial charge in [0.2, 0.25) is 5.95 Å². The van der Waals surface area contributed by atoms with E-state index in [2.05, 4.69) is 63.5 Å². The van der Waals surface area contributed by atoms with Gasteiger partial charge in [-0.15, -0.1) is 0 Å². The zero-order valence-electron chi connectivity index (χ0n) is 20.3. The van der Waals surface area contributed by atoms with Gasteiger partial charge in [0, 0.05) is 48.8 Å². The maximum Gasteiger partial charge on any atom is 0.267 e. The molecule has 4 heterocycles. The number of rotatable bonds is 6. The summed E-state index contributed by atoms with van der Waals surface area (Å²) >= 11 is 0. The minimum Gasteiger partial charge on any atom is -0.348 e. The van der Waals surface area contributed by atoms with Gasteiger partial charge in [-0.3, -0.25) is 0 Å². The molecule has 7 nitrogen and oxygen atoms in total. The van der Waals surface area contributed by atoms with Crippen molar-refractivity contribution in [3.63, 3.8) is 0 Å². The molecule has 2 aliphatic heterocycles. The van der Waals surface area contributed by atoms with Crippen molar-refractivity contribution >= 4 is 18.5 Å². The van der Waals surface area contributed by atoms with Crippen molar-refractivity contribution in [3.05, 3.63) is 48.3 Å². The van der Waals surface area contributed by atoms with Gasteiger partial charge >= 0.3 is 0 Å². The Kier molecular flexibility index (Phi) is 9.23. The Morgan fingerprint density at radius 3 is 2.55 bits per heavy atom. The van der Waals surface area contributed by atoms with Gasteiger partial charge < -0.3 is 10.2 Å². The van der Waals surface area contributed by atoms with Crippen molar-refractivity contribution in [2.24, 2.45) is 5.92 Å². The van der Waals surface area contributed by atoms with Crippen molar-refractivity contribution < 1.29 is 0 Å². The fourth-order valence-electron chi connectivity index (χ4n) is 4.30. The molecule has 1 N–H and O–H groups in total. The van der Waals surface area contributed by atoms with Crippen LogP contribution in [0.5, 0.6) is 0 Å². The lowest BCUT2D eigenvalue weighted by Gasteiger charge is -2.22. The Bertz CT molecular complexity index is 933. The molecular weight excluding hydrogens is 409 g/mol. The van der Waals surface area contributed by atoms with Crippen LogP contribution in [0, 0.1) is 17.1 Å². The first-order chi connectivity index (χ1) is 16.0. The molecule has 0 bridgehead atoms. The van der Waals surface area contributed by atoms with E-state index >= 15 is 0 Å². The third kappa shape index (κ3) is 7.02. The molecule has 0 radical (unpaired) electrons. The standard InChI is InChI=1S/C22H28BN7.C3H8/c1-16-4-3-11-30(16)21-7-10-25-22(29-21)28-17(2)19-13-26-20(27-14-19)12-18-5-8-23(15-24)9-6-18;1-3-2/h7,10,13-14,17-18H,1,3-6,8-9,11-12H2,2H3,(H,25,28,29);3H2,1-2H3. The Hall–Kier alpha value is -2.95. The van der Waals surface area contributed by atoms with E-state index in [0.717, 1.165) is 74.2 Å². The van der Waals surface area contributed by atoms with Crippen LogP contribution in [0.15, 0.2) is 36.9 Å². The van der Waals surface area contributed by atoms with Crippen LogP contribution in [0.2, 0.25) is 12.6 Å². The fraction of sp³-hybridized carbons (Fsp3) is 0.560. The molecule has 0 amide bonds.